The molecule has 0 amide bonds. The minimum atomic E-state index is -0.390. The second-order valence-corrected chi connectivity index (χ2v) is 5.90. The van der Waals surface area contributed by atoms with Crippen LogP contribution in [0.5, 0.6) is 5.88 Å². The summed E-state index contributed by atoms with van der Waals surface area (Å²) >= 11 is 0. The molecule has 0 atom stereocenters. The molecule has 1 fully saturated rings. The van der Waals surface area contributed by atoms with Crippen LogP contribution >= 0.6 is 12.4 Å². The van der Waals surface area contributed by atoms with Crippen LogP contribution in [0.15, 0.2) is 42.5 Å². The lowest BCUT2D eigenvalue weighted by atomic mass is 10.1. The third-order valence-electron chi connectivity index (χ3n) is 4.24. The average molecular weight is 366 g/mol. The maximum atomic E-state index is 14.4. The van der Waals surface area contributed by atoms with E-state index in [0.29, 0.717) is 16.6 Å². The van der Waals surface area contributed by atoms with E-state index in [1.807, 2.05) is 0 Å². The Morgan fingerprint density at radius 2 is 1.84 bits per heavy atom. The highest BCUT2D eigenvalue weighted by molar-refractivity contribution is 5.86. The van der Waals surface area contributed by atoms with Crippen LogP contribution in [0.3, 0.4) is 0 Å². The molecule has 0 spiro atoms. The summed E-state index contributed by atoms with van der Waals surface area (Å²) in [6.07, 6.45) is 1.70. The van der Waals surface area contributed by atoms with Gasteiger partial charge in [0.25, 0.3) is 0 Å². The Labute approximate surface area is 150 Å². The van der Waals surface area contributed by atoms with Crippen molar-refractivity contribution in [3.8, 4) is 11.6 Å². The Bertz CT molecular complexity index is 878. The quantitative estimate of drug-likeness (QED) is 0.766. The fraction of sp³-hybridized carbons (Fsp3) is 0.278. The topological polar surface area (TPSA) is 39.1 Å². The van der Waals surface area contributed by atoms with Crippen molar-refractivity contribution in [3.05, 3.63) is 54.1 Å². The Balaban J connectivity index is 0.00000182. The van der Waals surface area contributed by atoms with Crippen molar-refractivity contribution in [3.63, 3.8) is 0 Å². The SMILES string of the molecule is Cl.Fc1cccc(-n2nc(OC3CCNCC3)c3c(F)cccc32)c1. The molecule has 1 saturated heterocycles. The molecule has 3 aromatic rings. The first-order chi connectivity index (χ1) is 11.7. The van der Waals surface area contributed by atoms with Gasteiger partial charge < -0.3 is 10.1 Å². The van der Waals surface area contributed by atoms with E-state index < -0.39 is 0 Å². The summed E-state index contributed by atoms with van der Waals surface area (Å²) in [5, 5.41) is 8.02. The molecule has 7 heteroatoms. The summed E-state index contributed by atoms with van der Waals surface area (Å²) in [5.74, 6) is -0.494. The third-order valence-corrected chi connectivity index (χ3v) is 4.24. The maximum absolute atomic E-state index is 14.4. The van der Waals surface area contributed by atoms with E-state index in [1.54, 1.807) is 24.3 Å². The standard InChI is InChI=1S/C18H17F2N3O.ClH/c19-12-3-1-4-13(11-12)23-16-6-2-5-15(20)17(16)18(22-23)24-14-7-9-21-10-8-14;/h1-6,11,14,21H,7-10H2;1H. The second kappa shape index (κ2) is 7.37. The molecule has 0 radical (unpaired) electrons. The molecular weight excluding hydrogens is 348 g/mol. The van der Waals surface area contributed by atoms with Crippen LogP contribution in [0.4, 0.5) is 8.78 Å². The molecule has 0 unspecified atom stereocenters. The van der Waals surface area contributed by atoms with E-state index in [9.17, 15) is 8.78 Å². The van der Waals surface area contributed by atoms with Gasteiger partial charge in [0.05, 0.1) is 16.6 Å². The number of nitrogens with zero attached hydrogens (tertiary/aromatic N) is 2. The fourth-order valence-corrected chi connectivity index (χ4v) is 3.05. The number of piperidine rings is 1. The molecule has 4 rings (SSSR count). The average Bonchev–Trinajstić information content (AvgIpc) is 2.96. The van der Waals surface area contributed by atoms with Gasteiger partial charge in [-0.15, -0.1) is 17.5 Å². The van der Waals surface area contributed by atoms with E-state index >= 15 is 0 Å². The zero-order valence-corrected chi connectivity index (χ0v) is 14.2. The molecule has 1 aliphatic heterocycles. The molecule has 1 N–H and O–H groups in total. The first-order valence-corrected chi connectivity index (χ1v) is 8.03. The molecule has 1 aliphatic rings. The van der Waals surface area contributed by atoms with Crippen LogP contribution < -0.4 is 10.1 Å². The van der Waals surface area contributed by atoms with E-state index in [1.165, 1.54) is 22.9 Å². The monoisotopic (exact) mass is 365 g/mol. The normalized spacial score (nSPS) is 15.1. The molecule has 1 aromatic heterocycles. The molecule has 0 aliphatic carbocycles. The Hall–Kier alpha value is -2.18. The highest BCUT2D eigenvalue weighted by Crippen LogP contribution is 2.31. The molecule has 25 heavy (non-hydrogen) atoms. The zero-order chi connectivity index (χ0) is 16.5. The van der Waals surface area contributed by atoms with Gasteiger partial charge in [-0.05, 0) is 56.3 Å². The first kappa shape index (κ1) is 17.6. The lowest BCUT2D eigenvalue weighted by molar-refractivity contribution is 0.157. The van der Waals surface area contributed by atoms with Crippen molar-refractivity contribution in [2.45, 2.75) is 18.9 Å². The van der Waals surface area contributed by atoms with Crippen molar-refractivity contribution in [1.82, 2.24) is 15.1 Å². The Morgan fingerprint density at radius 1 is 1.08 bits per heavy atom. The molecule has 4 nitrogen and oxygen atoms in total. The Kier molecular flexibility index (Phi) is 5.20. The summed E-state index contributed by atoms with van der Waals surface area (Å²) in [4.78, 5) is 0. The molecule has 132 valence electrons. The van der Waals surface area contributed by atoms with Gasteiger partial charge in [-0.1, -0.05) is 12.1 Å². The van der Waals surface area contributed by atoms with Gasteiger partial charge in [0, 0.05) is 0 Å². The smallest absolute Gasteiger partial charge is 0.244 e. The van der Waals surface area contributed by atoms with Gasteiger partial charge in [-0.2, -0.15) is 0 Å². The third kappa shape index (κ3) is 3.45. The summed E-state index contributed by atoms with van der Waals surface area (Å²) in [7, 11) is 0. The lowest BCUT2D eigenvalue weighted by Gasteiger charge is -2.22. The second-order valence-electron chi connectivity index (χ2n) is 5.90. The summed E-state index contributed by atoms with van der Waals surface area (Å²) in [6.45, 7) is 1.74. The summed E-state index contributed by atoms with van der Waals surface area (Å²) in [6, 6.07) is 10.8. The van der Waals surface area contributed by atoms with Crippen molar-refractivity contribution in [1.29, 1.82) is 0 Å². The molecule has 0 bridgehead atoms. The largest absolute Gasteiger partial charge is 0.473 e. The van der Waals surface area contributed by atoms with E-state index in [0.717, 1.165) is 25.9 Å². The van der Waals surface area contributed by atoms with E-state index in [2.05, 4.69) is 10.4 Å². The van der Waals surface area contributed by atoms with Crippen LogP contribution in [0.25, 0.3) is 16.6 Å². The minimum Gasteiger partial charge on any atom is -0.473 e. The van der Waals surface area contributed by atoms with Crippen molar-refractivity contribution >= 4 is 23.3 Å². The van der Waals surface area contributed by atoms with E-state index in [4.69, 9.17) is 4.74 Å². The number of benzene rings is 2. The minimum absolute atomic E-state index is 0. The number of halogens is 3. The molecule has 2 aromatic carbocycles. The number of aromatic nitrogens is 2. The number of hydrogen-bond acceptors (Lipinski definition) is 3. The predicted octanol–water partition coefficient (Wildman–Crippen LogP) is 3.86. The van der Waals surface area contributed by atoms with Crippen molar-refractivity contribution in [2.75, 3.05) is 13.1 Å². The van der Waals surface area contributed by atoms with Gasteiger partial charge in [0.2, 0.25) is 5.88 Å². The number of hydrogen-bond donors (Lipinski definition) is 1. The maximum Gasteiger partial charge on any atom is 0.244 e. The molecule has 0 saturated carbocycles. The number of nitrogens with one attached hydrogen (secondary N) is 1. The van der Waals surface area contributed by atoms with Crippen molar-refractivity contribution < 1.29 is 13.5 Å². The van der Waals surface area contributed by atoms with Crippen molar-refractivity contribution in [2.24, 2.45) is 0 Å². The van der Waals surface area contributed by atoms with Gasteiger partial charge in [0.1, 0.15) is 17.7 Å². The first-order valence-electron chi connectivity index (χ1n) is 8.03. The van der Waals surface area contributed by atoms with E-state index in [-0.39, 0.29) is 36.0 Å². The number of fused-ring (bicyclic) bond motifs is 1. The highest BCUT2D eigenvalue weighted by atomic mass is 35.5. The number of rotatable bonds is 3. The van der Waals surface area contributed by atoms with Crippen LogP contribution in [-0.4, -0.2) is 29.0 Å². The molecular formula is C18H18ClF2N3O. The van der Waals surface area contributed by atoms with Gasteiger partial charge in [0.15, 0.2) is 0 Å². The van der Waals surface area contributed by atoms with Gasteiger partial charge in [-0.25, -0.2) is 13.5 Å². The predicted molar refractivity (Wildman–Crippen MR) is 94.8 cm³/mol. The fourth-order valence-electron chi connectivity index (χ4n) is 3.05. The lowest BCUT2D eigenvalue weighted by Crippen LogP contribution is -2.34. The van der Waals surface area contributed by atoms with Gasteiger partial charge in [-0.3, -0.25) is 0 Å². The summed E-state index contributed by atoms with van der Waals surface area (Å²) < 4.78 is 35.4. The van der Waals surface area contributed by atoms with Crippen LogP contribution in [0.1, 0.15) is 12.8 Å². The molecule has 2 heterocycles. The Morgan fingerprint density at radius 3 is 2.60 bits per heavy atom. The van der Waals surface area contributed by atoms with Crippen LogP contribution in [-0.2, 0) is 0 Å². The number of ether oxygens (including phenoxy) is 1. The zero-order valence-electron chi connectivity index (χ0n) is 13.4. The van der Waals surface area contributed by atoms with Crippen LogP contribution in [0.2, 0.25) is 0 Å². The highest BCUT2D eigenvalue weighted by Gasteiger charge is 2.21. The summed E-state index contributed by atoms with van der Waals surface area (Å²) in [5.41, 5.74) is 1.09. The van der Waals surface area contributed by atoms with Gasteiger partial charge >= 0.3 is 0 Å². The van der Waals surface area contributed by atoms with Crippen LogP contribution in [0, 0.1) is 11.6 Å².